The molecule has 3 heterocycles. The molecule has 0 spiro atoms. The Balaban J connectivity index is 1.40. The zero-order chi connectivity index (χ0) is 18.1. The summed E-state index contributed by atoms with van der Waals surface area (Å²) in [6, 6.07) is 6.91. The van der Waals surface area contributed by atoms with Gasteiger partial charge in [-0.1, -0.05) is 18.2 Å². The van der Waals surface area contributed by atoms with Crippen LogP contribution in [0.1, 0.15) is 30.3 Å². The van der Waals surface area contributed by atoms with Crippen LogP contribution in [-0.2, 0) is 4.79 Å². The molecular formula is C19H25N5O2. The predicted molar refractivity (Wildman–Crippen MR) is 98.7 cm³/mol. The summed E-state index contributed by atoms with van der Waals surface area (Å²) in [6.45, 7) is 5.42. The van der Waals surface area contributed by atoms with Crippen LogP contribution in [0.15, 0.2) is 24.3 Å². The number of aromatic amines is 1. The topological polar surface area (TPSA) is 90.1 Å². The standard InChI is InChI=1S/C19H25N5O2/c1-12(19(26)24-8-6-13-10-20-11-14(13)7-9-24)21-18(25)17-15-4-2-3-5-16(15)22-23-17/h2-5,12-14,20H,6-11H2,1H3,(H,21,25)(H,22,23)/t12?,13-,14+. The van der Waals surface area contributed by atoms with Crippen LogP contribution in [0, 0.1) is 11.8 Å². The number of fused-ring (bicyclic) bond motifs is 2. The van der Waals surface area contributed by atoms with E-state index in [9.17, 15) is 9.59 Å². The zero-order valence-corrected chi connectivity index (χ0v) is 15.0. The monoisotopic (exact) mass is 355 g/mol. The number of carbonyl (C=O) groups excluding carboxylic acids is 2. The number of carbonyl (C=O) groups is 2. The van der Waals surface area contributed by atoms with Gasteiger partial charge in [-0.2, -0.15) is 5.10 Å². The molecule has 7 nitrogen and oxygen atoms in total. The first-order valence-electron chi connectivity index (χ1n) is 9.37. The third-order valence-corrected chi connectivity index (χ3v) is 5.73. The number of nitrogens with one attached hydrogen (secondary N) is 3. The lowest BCUT2D eigenvalue weighted by Gasteiger charge is -2.25. The van der Waals surface area contributed by atoms with Gasteiger partial charge in [0.15, 0.2) is 5.69 Å². The Morgan fingerprint density at radius 2 is 1.88 bits per heavy atom. The van der Waals surface area contributed by atoms with E-state index in [0.717, 1.165) is 49.9 Å². The van der Waals surface area contributed by atoms with Crippen molar-refractivity contribution >= 4 is 22.7 Å². The SMILES string of the molecule is CC(NC(=O)c1n[nH]c2ccccc12)C(=O)N1CC[C@@H]2CNC[C@@H]2CC1. The summed E-state index contributed by atoms with van der Waals surface area (Å²) in [4.78, 5) is 27.3. The van der Waals surface area contributed by atoms with Crippen LogP contribution in [-0.4, -0.2) is 59.1 Å². The Labute approximate surface area is 152 Å². The molecule has 138 valence electrons. The van der Waals surface area contributed by atoms with Crippen molar-refractivity contribution in [1.82, 2.24) is 25.7 Å². The van der Waals surface area contributed by atoms with Crippen molar-refractivity contribution in [3.8, 4) is 0 Å². The largest absolute Gasteiger partial charge is 0.341 e. The Hall–Kier alpha value is -2.41. The lowest BCUT2D eigenvalue weighted by molar-refractivity contribution is -0.132. The van der Waals surface area contributed by atoms with Gasteiger partial charge < -0.3 is 15.5 Å². The number of hydrogen-bond acceptors (Lipinski definition) is 4. The summed E-state index contributed by atoms with van der Waals surface area (Å²) < 4.78 is 0. The number of nitrogens with zero attached hydrogens (tertiary/aromatic N) is 2. The third kappa shape index (κ3) is 3.19. The summed E-state index contributed by atoms with van der Waals surface area (Å²) in [7, 11) is 0. The summed E-state index contributed by atoms with van der Waals surface area (Å²) in [5.74, 6) is 1.02. The average Bonchev–Trinajstić information content (AvgIpc) is 3.23. The maximum absolute atomic E-state index is 12.8. The molecule has 0 radical (unpaired) electrons. The second-order valence-corrected chi connectivity index (χ2v) is 7.39. The van der Waals surface area contributed by atoms with Crippen molar-refractivity contribution in [1.29, 1.82) is 0 Å². The highest BCUT2D eigenvalue weighted by Gasteiger charge is 2.33. The number of benzene rings is 1. The van der Waals surface area contributed by atoms with E-state index in [1.54, 1.807) is 6.92 Å². The highest BCUT2D eigenvalue weighted by Crippen LogP contribution is 2.27. The van der Waals surface area contributed by atoms with E-state index < -0.39 is 6.04 Å². The number of likely N-dealkylation sites (tertiary alicyclic amines) is 1. The fraction of sp³-hybridized carbons (Fsp3) is 0.526. The second kappa shape index (κ2) is 7.07. The van der Waals surface area contributed by atoms with Gasteiger partial charge in [-0.3, -0.25) is 14.7 Å². The van der Waals surface area contributed by atoms with Crippen molar-refractivity contribution in [2.45, 2.75) is 25.8 Å². The summed E-state index contributed by atoms with van der Waals surface area (Å²) >= 11 is 0. The number of H-pyrrole nitrogens is 1. The minimum absolute atomic E-state index is 0.00822. The molecule has 2 amide bonds. The van der Waals surface area contributed by atoms with Crippen molar-refractivity contribution in [3.63, 3.8) is 0 Å². The summed E-state index contributed by atoms with van der Waals surface area (Å²) in [6.07, 6.45) is 2.07. The number of para-hydroxylation sites is 1. The predicted octanol–water partition coefficient (Wildman–Crippen LogP) is 1.14. The molecule has 1 aromatic heterocycles. The molecular weight excluding hydrogens is 330 g/mol. The number of hydrogen-bond donors (Lipinski definition) is 3. The lowest BCUT2D eigenvalue weighted by Crippen LogP contribution is -2.47. The second-order valence-electron chi connectivity index (χ2n) is 7.39. The van der Waals surface area contributed by atoms with E-state index in [4.69, 9.17) is 0 Å². The Morgan fingerprint density at radius 3 is 2.62 bits per heavy atom. The molecule has 1 unspecified atom stereocenters. The van der Waals surface area contributed by atoms with Crippen LogP contribution in [0.4, 0.5) is 0 Å². The molecule has 0 bridgehead atoms. The van der Waals surface area contributed by atoms with E-state index in [1.807, 2.05) is 29.2 Å². The molecule has 2 aliphatic heterocycles. The molecule has 0 aliphatic carbocycles. The Kier molecular flexibility index (Phi) is 4.63. The van der Waals surface area contributed by atoms with Crippen LogP contribution in [0.2, 0.25) is 0 Å². The highest BCUT2D eigenvalue weighted by molar-refractivity contribution is 6.05. The lowest BCUT2D eigenvalue weighted by atomic mass is 9.92. The van der Waals surface area contributed by atoms with E-state index in [1.165, 1.54) is 0 Å². The quantitative estimate of drug-likeness (QED) is 0.770. The summed E-state index contributed by atoms with van der Waals surface area (Å²) in [5, 5.41) is 14.0. The van der Waals surface area contributed by atoms with Crippen LogP contribution < -0.4 is 10.6 Å². The van der Waals surface area contributed by atoms with Crippen LogP contribution >= 0.6 is 0 Å². The van der Waals surface area contributed by atoms with Crippen LogP contribution in [0.5, 0.6) is 0 Å². The molecule has 4 rings (SSSR count). The third-order valence-electron chi connectivity index (χ3n) is 5.73. The molecule has 0 saturated carbocycles. The minimum Gasteiger partial charge on any atom is -0.341 e. The Bertz CT molecular complexity index is 803. The van der Waals surface area contributed by atoms with Crippen molar-refractivity contribution in [3.05, 3.63) is 30.0 Å². The van der Waals surface area contributed by atoms with E-state index in [2.05, 4.69) is 20.8 Å². The molecule has 3 N–H and O–H groups in total. The molecule has 26 heavy (non-hydrogen) atoms. The maximum Gasteiger partial charge on any atom is 0.273 e. The Morgan fingerprint density at radius 1 is 1.19 bits per heavy atom. The van der Waals surface area contributed by atoms with Gasteiger partial charge in [0, 0.05) is 18.5 Å². The van der Waals surface area contributed by atoms with E-state index >= 15 is 0 Å². The molecule has 1 aromatic carbocycles. The smallest absolute Gasteiger partial charge is 0.273 e. The van der Waals surface area contributed by atoms with Gasteiger partial charge >= 0.3 is 0 Å². The van der Waals surface area contributed by atoms with Crippen LogP contribution in [0.3, 0.4) is 0 Å². The first-order chi connectivity index (χ1) is 12.6. The van der Waals surface area contributed by atoms with Gasteiger partial charge in [0.1, 0.15) is 6.04 Å². The fourth-order valence-corrected chi connectivity index (χ4v) is 4.18. The van der Waals surface area contributed by atoms with E-state index in [0.29, 0.717) is 17.5 Å². The molecule has 2 saturated heterocycles. The average molecular weight is 355 g/mol. The van der Waals surface area contributed by atoms with E-state index in [-0.39, 0.29) is 11.8 Å². The number of amides is 2. The van der Waals surface area contributed by atoms with Gasteiger partial charge in [-0.15, -0.1) is 0 Å². The molecule has 2 fully saturated rings. The zero-order valence-electron chi connectivity index (χ0n) is 15.0. The first kappa shape index (κ1) is 17.0. The first-order valence-corrected chi connectivity index (χ1v) is 9.37. The van der Waals surface area contributed by atoms with Gasteiger partial charge in [0.2, 0.25) is 5.91 Å². The van der Waals surface area contributed by atoms with Gasteiger partial charge in [0.25, 0.3) is 5.91 Å². The normalized spacial score (nSPS) is 24.1. The molecule has 7 heteroatoms. The molecule has 2 aliphatic rings. The van der Waals surface area contributed by atoms with Gasteiger partial charge in [-0.05, 0) is 50.8 Å². The highest BCUT2D eigenvalue weighted by atomic mass is 16.2. The van der Waals surface area contributed by atoms with Crippen molar-refractivity contribution < 1.29 is 9.59 Å². The molecule has 3 atom stereocenters. The van der Waals surface area contributed by atoms with Gasteiger partial charge in [-0.25, -0.2) is 0 Å². The molecule has 2 aromatic rings. The number of aromatic nitrogens is 2. The maximum atomic E-state index is 12.8. The summed E-state index contributed by atoms with van der Waals surface area (Å²) in [5.41, 5.74) is 1.14. The number of rotatable bonds is 3. The van der Waals surface area contributed by atoms with Gasteiger partial charge in [0.05, 0.1) is 5.52 Å². The van der Waals surface area contributed by atoms with Crippen molar-refractivity contribution in [2.75, 3.05) is 26.2 Å². The van der Waals surface area contributed by atoms with Crippen LogP contribution in [0.25, 0.3) is 10.9 Å². The fourth-order valence-electron chi connectivity index (χ4n) is 4.18. The van der Waals surface area contributed by atoms with Crippen molar-refractivity contribution in [2.24, 2.45) is 11.8 Å². The minimum atomic E-state index is -0.561.